The summed E-state index contributed by atoms with van der Waals surface area (Å²) >= 11 is 5.84. The van der Waals surface area contributed by atoms with Gasteiger partial charge in [-0.2, -0.15) is 0 Å². The monoisotopic (exact) mass is 254 g/mol. The lowest BCUT2D eigenvalue weighted by molar-refractivity contribution is 0.0705. The number of hydrazine groups is 1. The lowest BCUT2D eigenvalue weighted by Gasteiger charge is -2.22. The topological polar surface area (TPSA) is 96.2 Å². The summed E-state index contributed by atoms with van der Waals surface area (Å²) in [6.07, 6.45) is 1.02. The van der Waals surface area contributed by atoms with E-state index in [1.54, 1.807) is 13.8 Å². The first kappa shape index (κ1) is 13.5. The number of hydrogen-bond acceptors (Lipinski definition) is 4. The summed E-state index contributed by atoms with van der Waals surface area (Å²) in [6, 6.07) is 2.80. The molecule has 1 aromatic rings. The Morgan fingerprint density at radius 3 is 2.59 bits per heavy atom. The van der Waals surface area contributed by atoms with E-state index < -0.39 is 5.91 Å². The highest BCUT2D eigenvalue weighted by Gasteiger charge is 2.20. The summed E-state index contributed by atoms with van der Waals surface area (Å²) in [6.45, 7) is 3.58. The number of nitrogens with zero attached hydrogens (tertiary/aromatic N) is 1. The zero-order valence-corrected chi connectivity index (χ0v) is 10.5. The smallest absolute Gasteiger partial charge is 0.268 e. The highest BCUT2D eigenvalue weighted by molar-refractivity contribution is 6.31. The number of halogens is 1. The Balaban J connectivity index is 3.30. The van der Waals surface area contributed by atoms with E-state index in [2.05, 4.69) is 0 Å². The first-order chi connectivity index (χ1) is 7.88. The number of rotatable bonds is 3. The summed E-state index contributed by atoms with van der Waals surface area (Å²) < 4.78 is 0. The van der Waals surface area contributed by atoms with Crippen LogP contribution in [-0.4, -0.2) is 23.2 Å². The molecule has 5 nitrogen and oxygen atoms in total. The summed E-state index contributed by atoms with van der Waals surface area (Å²) in [4.78, 5) is 12.1. The quantitative estimate of drug-likeness (QED) is 0.252. The zero-order chi connectivity index (χ0) is 13.2. The molecule has 1 aromatic carbocycles. The lowest BCUT2D eigenvalue weighted by atomic mass is 10.0. The van der Waals surface area contributed by atoms with Crippen LogP contribution in [0.1, 0.15) is 29.8 Å². The molecule has 0 aliphatic rings. The van der Waals surface area contributed by atoms with Crippen LogP contribution < -0.4 is 11.6 Å². The van der Waals surface area contributed by atoms with E-state index in [-0.39, 0.29) is 17.3 Å². The van der Waals surface area contributed by atoms with E-state index in [0.29, 0.717) is 10.6 Å². The van der Waals surface area contributed by atoms with Gasteiger partial charge in [0.15, 0.2) is 0 Å². The fourth-order valence-electron chi connectivity index (χ4n) is 1.35. The first-order valence-corrected chi connectivity index (χ1v) is 5.44. The SMILES string of the molecule is CC(C)N(N)C(=O)c1cc(Cl)cc(N)c1C=N. The molecule has 0 saturated carbocycles. The molecule has 0 aliphatic carbocycles. The van der Waals surface area contributed by atoms with Gasteiger partial charge in [-0.1, -0.05) is 11.6 Å². The van der Waals surface area contributed by atoms with Crippen molar-refractivity contribution in [3.63, 3.8) is 0 Å². The average Bonchev–Trinajstić information content (AvgIpc) is 2.25. The minimum Gasteiger partial charge on any atom is -0.398 e. The predicted octanol–water partition coefficient (Wildman–Crippen LogP) is 1.64. The third-order valence-electron chi connectivity index (χ3n) is 2.34. The lowest BCUT2D eigenvalue weighted by Crippen LogP contribution is -2.43. The third kappa shape index (κ3) is 2.75. The summed E-state index contributed by atoms with van der Waals surface area (Å²) in [5, 5.41) is 8.70. The van der Waals surface area contributed by atoms with Gasteiger partial charge in [-0.3, -0.25) is 9.80 Å². The second-order valence-corrected chi connectivity index (χ2v) is 4.34. The van der Waals surface area contributed by atoms with E-state index >= 15 is 0 Å². The Bertz CT molecular complexity index is 459. The van der Waals surface area contributed by atoms with Gasteiger partial charge in [0, 0.05) is 28.5 Å². The van der Waals surface area contributed by atoms with Crippen LogP contribution in [0.3, 0.4) is 0 Å². The fourth-order valence-corrected chi connectivity index (χ4v) is 1.58. The van der Waals surface area contributed by atoms with E-state index in [9.17, 15) is 4.79 Å². The fraction of sp³-hybridized carbons (Fsp3) is 0.273. The number of anilines is 1. The van der Waals surface area contributed by atoms with Crippen molar-refractivity contribution in [2.45, 2.75) is 19.9 Å². The maximum Gasteiger partial charge on any atom is 0.268 e. The molecular formula is C11H15ClN4O. The van der Waals surface area contributed by atoms with Gasteiger partial charge in [-0.15, -0.1) is 0 Å². The van der Waals surface area contributed by atoms with Crippen molar-refractivity contribution in [3.05, 3.63) is 28.3 Å². The molecule has 92 valence electrons. The zero-order valence-electron chi connectivity index (χ0n) is 9.70. The number of carbonyl (C=O) groups is 1. The Morgan fingerprint density at radius 1 is 1.53 bits per heavy atom. The Hall–Kier alpha value is -1.59. The highest BCUT2D eigenvalue weighted by Crippen LogP contribution is 2.23. The van der Waals surface area contributed by atoms with Crippen LogP contribution in [0, 0.1) is 5.41 Å². The van der Waals surface area contributed by atoms with Crippen LogP contribution in [-0.2, 0) is 0 Å². The standard InChI is InChI=1S/C11H15ClN4O/c1-6(2)16(15)11(17)8-3-7(12)4-10(14)9(8)5-13/h3-6,13H,14-15H2,1-2H3. The second-order valence-electron chi connectivity index (χ2n) is 3.91. The molecule has 0 spiro atoms. The number of nitrogens with one attached hydrogen (secondary N) is 1. The molecule has 1 rings (SSSR count). The van der Waals surface area contributed by atoms with Gasteiger partial charge in [-0.05, 0) is 26.0 Å². The van der Waals surface area contributed by atoms with Crippen molar-refractivity contribution in [1.82, 2.24) is 5.01 Å². The van der Waals surface area contributed by atoms with Gasteiger partial charge in [0.05, 0.1) is 5.56 Å². The van der Waals surface area contributed by atoms with E-state index in [4.69, 9.17) is 28.6 Å². The van der Waals surface area contributed by atoms with Crippen LogP contribution in [0.15, 0.2) is 12.1 Å². The van der Waals surface area contributed by atoms with Crippen molar-refractivity contribution in [3.8, 4) is 0 Å². The molecule has 0 radical (unpaired) electrons. The van der Waals surface area contributed by atoms with Gasteiger partial charge in [-0.25, -0.2) is 5.84 Å². The minimum atomic E-state index is -0.410. The highest BCUT2D eigenvalue weighted by atomic mass is 35.5. The molecule has 0 bridgehead atoms. The predicted molar refractivity (Wildman–Crippen MR) is 69.2 cm³/mol. The first-order valence-electron chi connectivity index (χ1n) is 5.06. The molecular weight excluding hydrogens is 240 g/mol. The van der Waals surface area contributed by atoms with E-state index in [1.165, 1.54) is 12.1 Å². The average molecular weight is 255 g/mol. The van der Waals surface area contributed by atoms with Crippen LogP contribution in [0.25, 0.3) is 0 Å². The van der Waals surface area contributed by atoms with Crippen molar-refractivity contribution in [2.24, 2.45) is 5.84 Å². The maximum atomic E-state index is 12.1. The molecule has 6 heteroatoms. The Morgan fingerprint density at radius 2 is 2.12 bits per heavy atom. The summed E-state index contributed by atoms with van der Waals surface area (Å²) in [5.74, 6) is 5.23. The van der Waals surface area contributed by atoms with E-state index in [0.717, 1.165) is 11.2 Å². The largest absolute Gasteiger partial charge is 0.398 e. The number of nitrogens with two attached hydrogens (primary N) is 2. The molecule has 0 saturated heterocycles. The third-order valence-corrected chi connectivity index (χ3v) is 2.56. The maximum absolute atomic E-state index is 12.1. The molecule has 0 fully saturated rings. The molecule has 1 amide bonds. The van der Waals surface area contributed by atoms with Crippen molar-refractivity contribution >= 4 is 29.4 Å². The van der Waals surface area contributed by atoms with Crippen molar-refractivity contribution < 1.29 is 4.79 Å². The number of benzene rings is 1. The second kappa shape index (κ2) is 5.16. The molecule has 0 aromatic heterocycles. The van der Waals surface area contributed by atoms with Crippen LogP contribution in [0.4, 0.5) is 5.69 Å². The van der Waals surface area contributed by atoms with Crippen molar-refractivity contribution in [2.75, 3.05) is 5.73 Å². The number of nitrogen functional groups attached to an aromatic ring is 1. The van der Waals surface area contributed by atoms with Gasteiger partial charge in [0.1, 0.15) is 0 Å². The van der Waals surface area contributed by atoms with Gasteiger partial charge in [0.2, 0.25) is 0 Å². The minimum absolute atomic E-state index is 0.152. The molecule has 5 N–H and O–H groups in total. The Labute approximate surface area is 105 Å². The van der Waals surface area contributed by atoms with Crippen LogP contribution >= 0.6 is 11.6 Å². The molecule has 0 unspecified atom stereocenters. The molecule has 0 aliphatic heterocycles. The molecule has 17 heavy (non-hydrogen) atoms. The van der Waals surface area contributed by atoms with Crippen LogP contribution in [0.5, 0.6) is 0 Å². The number of carbonyl (C=O) groups excluding carboxylic acids is 1. The number of hydrogen-bond donors (Lipinski definition) is 3. The van der Waals surface area contributed by atoms with Crippen molar-refractivity contribution in [1.29, 1.82) is 5.41 Å². The normalized spacial score (nSPS) is 10.4. The summed E-state index contributed by atoms with van der Waals surface area (Å²) in [7, 11) is 0. The van der Waals surface area contributed by atoms with Crippen LogP contribution in [0.2, 0.25) is 5.02 Å². The van der Waals surface area contributed by atoms with Gasteiger partial charge in [0.25, 0.3) is 5.91 Å². The summed E-state index contributed by atoms with van der Waals surface area (Å²) in [5.41, 5.74) is 6.55. The molecule has 0 atom stereocenters. The number of amides is 1. The van der Waals surface area contributed by atoms with Gasteiger partial charge >= 0.3 is 0 Å². The molecule has 0 heterocycles. The van der Waals surface area contributed by atoms with Gasteiger partial charge < -0.3 is 11.1 Å². The van der Waals surface area contributed by atoms with E-state index in [1.807, 2.05) is 0 Å². The Kier molecular flexibility index (Phi) is 4.09.